The van der Waals surface area contributed by atoms with E-state index in [1.165, 1.54) is 20.4 Å². The Balaban J connectivity index is 0.000000333. The lowest BCUT2D eigenvalue weighted by molar-refractivity contribution is -0.153. The monoisotopic (exact) mass is 730 g/mol. The van der Waals surface area contributed by atoms with E-state index in [1.807, 2.05) is 54.6 Å². The van der Waals surface area contributed by atoms with Gasteiger partial charge in [-0.3, -0.25) is 29.8 Å². The lowest BCUT2D eigenvalue weighted by atomic mass is 9.95. The number of hydrogen-bond acceptors (Lipinski definition) is 12. The molecule has 15 heteroatoms. The molecular formula is C38H46N6O9. The Kier molecular flexibility index (Phi) is 15.9. The number of nitrogen functional groups attached to an aromatic ring is 1. The molecule has 4 aromatic rings. The first-order valence-corrected chi connectivity index (χ1v) is 16.0. The highest BCUT2D eigenvalue weighted by molar-refractivity contribution is 5.97. The summed E-state index contributed by atoms with van der Waals surface area (Å²) in [6, 6.07) is 21.8. The van der Waals surface area contributed by atoms with E-state index in [1.54, 1.807) is 52.1 Å². The van der Waals surface area contributed by atoms with Gasteiger partial charge in [-0.1, -0.05) is 5.16 Å². The third-order valence-electron chi connectivity index (χ3n) is 7.22. The number of methoxy groups -OCH3 is 2. The van der Waals surface area contributed by atoms with E-state index >= 15 is 0 Å². The Labute approximate surface area is 308 Å². The number of amidine groups is 2. The van der Waals surface area contributed by atoms with Crippen LogP contribution in [0.25, 0.3) is 22.5 Å². The van der Waals surface area contributed by atoms with Crippen molar-refractivity contribution >= 4 is 29.6 Å². The molecule has 0 aliphatic rings. The summed E-state index contributed by atoms with van der Waals surface area (Å²) in [5.41, 5.74) is 14.0. The molecule has 0 saturated heterocycles. The number of nitrogens with two attached hydrogens (primary N) is 2. The molecule has 0 radical (unpaired) electrons. The standard InChI is InChI=1S/C18H21N3O4.C18H21N3O3.C2H4O2/c1-18(2,17(22)24-3)11-25-14-7-4-12(5-8-14)15-9-6-13(10-20-15)16(19)21-23;1-18(2,17(22)23-3)11-24-14-7-4-12(5-8-14)15-9-6-13(10-21-15)16(19)20;1-2(3)4/h4-10,23H,11H2,1-3H3,(H2,19,21);4-10H,11H2,1-3H3,(H3,19,20);1H3,(H,3,4). The number of oxime groups is 1. The Bertz CT molecular complexity index is 1840. The van der Waals surface area contributed by atoms with Gasteiger partial charge >= 0.3 is 11.9 Å². The average Bonchev–Trinajstić information content (AvgIpc) is 3.15. The van der Waals surface area contributed by atoms with Crippen LogP contribution < -0.4 is 20.9 Å². The smallest absolute Gasteiger partial charge is 0.314 e. The topological polar surface area (TPSA) is 243 Å². The number of carbonyl (C=O) groups excluding carboxylic acids is 2. The third kappa shape index (κ3) is 13.6. The van der Waals surface area contributed by atoms with E-state index in [4.69, 9.17) is 50.9 Å². The van der Waals surface area contributed by atoms with Crippen molar-refractivity contribution in [1.82, 2.24) is 9.97 Å². The molecule has 2 heterocycles. The summed E-state index contributed by atoms with van der Waals surface area (Å²) in [4.78, 5) is 40.9. The maximum absolute atomic E-state index is 11.6. The predicted octanol–water partition coefficient (Wildman–Crippen LogP) is 5.12. The van der Waals surface area contributed by atoms with Gasteiger partial charge in [-0.15, -0.1) is 0 Å². The molecule has 15 nitrogen and oxygen atoms in total. The molecule has 7 N–H and O–H groups in total. The second kappa shape index (κ2) is 19.8. The van der Waals surface area contributed by atoms with Gasteiger partial charge in [0, 0.05) is 41.6 Å². The molecule has 0 spiro atoms. The Morgan fingerprint density at radius 1 is 0.698 bits per heavy atom. The zero-order valence-corrected chi connectivity index (χ0v) is 30.7. The summed E-state index contributed by atoms with van der Waals surface area (Å²) in [7, 11) is 2.72. The molecule has 0 aliphatic carbocycles. The van der Waals surface area contributed by atoms with E-state index in [-0.39, 0.29) is 36.8 Å². The van der Waals surface area contributed by atoms with E-state index < -0.39 is 16.8 Å². The number of carboxylic acids is 1. The number of pyridine rings is 2. The van der Waals surface area contributed by atoms with Crippen molar-refractivity contribution in [3.63, 3.8) is 0 Å². The highest BCUT2D eigenvalue weighted by Crippen LogP contribution is 2.25. The fourth-order valence-electron chi connectivity index (χ4n) is 4.14. The third-order valence-corrected chi connectivity index (χ3v) is 7.22. The molecular weight excluding hydrogens is 684 g/mol. The molecule has 0 unspecified atom stereocenters. The van der Waals surface area contributed by atoms with Crippen LogP contribution in [0.1, 0.15) is 45.7 Å². The molecule has 0 saturated carbocycles. The number of nitrogens with one attached hydrogen (secondary N) is 1. The predicted molar refractivity (Wildman–Crippen MR) is 199 cm³/mol. The van der Waals surface area contributed by atoms with Crippen LogP contribution in [-0.2, 0) is 23.9 Å². The highest BCUT2D eigenvalue weighted by Gasteiger charge is 2.30. The van der Waals surface area contributed by atoms with Crippen molar-refractivity contribution in [1.29, 1.82) is 5.41 Å². The minimum Gasteiger partial charge on any atom is -0.492 e. The number of carboxylic acid groups (broad SMARTS) is 1. The maximum atomic E-state index is 11.6. The normalized spacial score (nSPS) is 11.0. The molecule has 53 heavy (non-hydrogen) atoms. The molecule has 2 aromatic heterocycles. The second-order valence-corrected chi connectivity index (χ2v) is 12.7. The van der Waals surface area contributed by atoms with E-state index in [0.717, 1.165) is 29.4 Å². The van der Waals surface area contributed by atoms with Crippen molar-refractivity contribution in [3.8, 4) is 34.0 Å². The number of rotatable bonds is 12. The quantitative estimate of drug-likeness (QED) is 0.0418. The number of nitrogens with zero attached hydrogens (tertiary/aromatic N) is 3. The van der Waals surface area contributed by atoms with Crippen LogP contribution in [0.2, 0.25) is 0 Å². The molecule has 0 aliphatic heterocycles. The van der Waals surface area contributed by atoms with Gasteiger partial charge in [0.2, 0.25) is 0 Å². The van der Waals surface area contributed by atoms with Gasteiger partial charge in [0.05, 0.1) is 36.4 Å². The Morgan fingerprint density at radius 2 is 1.06 bits per heavy atom. The summed E-state index contributed by atoms with van der Waals surface area (Å²) in [6.07, 6.45) is 3.11. The lowest BCUT2D eigenvalue weighted by Gasteiger charge is -2.21. The second-order valence-electron chi connectivity index (χ2n) is 12.7. The Morgan fingerprint density at radius 3 is 1.34 bits per heavy atom. The van der Waals surface area contributed by atoms with Crippen LogP contribution in [0.3, 0.4) is 0 Å². The molecule has 2 aromatic carbocycles. The van der Waals surface area contributed by atoms with Crippen LogP contribution in [0.15, 0.2) is 90.3 Å². The number of ether oxygens (including phenoxy) is 4. The van der Waals surface area contributed by atoms with Crippen LogP contribution in [0.4, 0.5) is 0 Å². The van der Waals surface area contributed by atoms with E-state index in [0.29, 0.717) is 22.6 Å². The van der Waals surface area contributed by atoms with Crippen LogP contribution >= 0.6 is 0 Å². The van der Waals surface area contributed by atoms with Crippen LogP contribution in [0.5, 0.6) is 11.5 Å². The molecule has 0 atom stereocenters. The fraction of sp³-hybridized carbons (Fsp3) is 0.289. The fourth-order valence-corrected chi connectivity index (χ4v) is 4.14. The lowest BCUT2D eigenvalue weighted by Crippen LogP contribution is -2.32. The summed E-state index contributed by atoms with van der Waals surface area (Å²) in [5.74, 6) is -0.153. The summed E-state index contributed by atoms with van der Waals surface area (Å²) in [5, 5.41) is 26.4. The van der Waals surface area contributed by atoms with Gasteiger partial charge in [-0.2, -0.15) is 0 Å². The Hall–Kier alpha value is -6.51. The summed E-state index contributed by atoms with van der Waals surface area (Å²) >= 11 is 0. The van der Waals surface area contributed by atoms with E-state index in [9.17, 15) is 9.59 Å². The van der Waals surface area contributed by atoms with Gasteiger partial charge in [-0.05, 0) is 100 Å². The molecule has 0 fully saturated rings. The maximum Gasteiger partial charge on any atom is 0.314 e. The zero-order chi connectivity index (χ0) is 39.8. The van der Waals surface area contributed by atoms with Crippen molar-refractivity contribution in [2.24, 2.45) is 27.5 Å². The molecule has 4 rings (SSSR count). The number of esters is 2. The van der Waals surface area contributed by atoms with Crippen molar-refractivity contribution in [2.75, 3.05) is 27.4 Å². The largest absolute Gasteiger partial charge is 0.492 e. The molecule has 0 bridgehead atoms. The van der Waals surface area contributed by atoms with Crippen LogP contribution in [0, 0.1) is 16.2 Å². The molecule has 282 valence electrons. The van der Waals surface area contributed by atoms with Gasteiger partial charge in [0.25, 0.3) is 5.97 Å². The van der Waals surface area contributed by atoms with Crippen molar-refractivity contribution < 1.29 is 43.6 Å². The molecule has 0 amide bonds. The number of aliphatic carboxylic acids is 1. The summed E-state index contributed by atoms with van der Waals surface area (Å²) in [6.45, 7) is 8.60. The first-order chi connectivity index (χ1) is 24.9. The van der Waals surface area contributed by atoms with E-state index in [2.05, 4.69) is 15.1 Å². The summed E-state index contributed by atoms with van der Waals surface area (Å²) < 4.78 is 20.8. The van der Waals surface area contributed by atoms with Gasteiger partial charge in [0.15, 0.2) is 5.84 Å². The first-order valence-electron chi connectivity index (χ1n) is 16.0. The van der Waals surface area contributed by atoms with Crippen LogP contribution in [-0.4, -0.2) is 77.3 Å². The first kappa shape index (κ1) is 42.7. The SMILES string of the molecule is CC(=O)O.COC(=O)C(C)(C)COc1ccc(-c2ccc(/C(N)=N/O)cn2)cc1.COC(=O)C(C)(C)COc1ccc(-c2ccc(C(=N)N)cn2)cc1. The van der Waals surface area contributed by atoms with Crippen molar-refractivity contribution in [2.45, 2.75) is 34.6 Å². The highest BCUT2D eigenvalue weighted by atomic mass is 16.5. The van der Waals surface area contributed by atoms with Gasteiger partial charge < -0.3 is 40.7 Å². The van der Waals surface area contributed by atoms with Gasteiger partial charge in [-0.25, -0.2) is 0 Å². The number of aromatic nitrogens is 2. The minimum absolute atomic E-state index is 0.00832. The van der Waals surface area contributed by atoms with Crippen molar-refractivity contribution in [3.05, 3.63) is 96.3 Å². The number of benzene rings is 2. The zero-order valence-electron chi connectivity index (χ0n) is 30.7. The average molecular weight is 731 g/mol. The number of carbonyl (C=O) groups is 3. The number of hydrogen-bond donors (Lipinski definition) is 5. The van der Waals surface area contributed by atoms with Gasteiger partial charge in [0.1, 0.15) is 30.5 Å². The minimum atomic E-state index is -0.833.